The molecule has 0 saturated carbocycles. The fourth-order valence-corrected chi connectivity index (χ4v) is 4.13. The van der Waals surface area contributed by atoms with Crippen molar-refractivity contribution in [3.8, 4) is 17.2 Å². The van der Waals surface area contributed by atoms with Crippen molar-refractivity contribution >= 4 is 11.9 Å². The average molecular weight is 463 g/mol. The van der Waals surface area contributed by atoms with E-state index < -0.39 is 6.10 Å². The number of ether oxygens (including phenoxy) is 3. The number of hydrogen-bond acceptors (Lipinski definition) is 4. The number of benzene rings is 4. The molecule has 35 heavy (non-hydrogen) atoms. The minimum absolute atomic E-state index is 0.0310. The Balaban J connectivity index is 1.45. The third kappa shape index (κ3) is 4.97. The number of hydrogen-bond donors (Lipinski definition) is 0. The molecule has 0 saturated heterocycles. The summed E-state index contributed by atoms with van der Waals surface area (Å²) in [6.45, 7) is 2.49. The van der Waals surface area contributed by atoms with Crippen LogP contribution in [0.15, 0.2) is 103 Å². The maximum absolute atomic E-state index is 13.6. The van der Waals surface area contributed by atoms with Crippen molar-refractivity contribution in [3.05, 3.63) is 130 Å². The summed E-state index contributed by atoms with van der Waals surface area (Å²) < 4.78 is 17.6. The standard InChI is InChI=1S/C31H26O4/c1-21-8-17-27-29(18-21)35-31(24-11-15-25(33-2)16-12-24)28(30(27)32)19-22-9-13-26(14-10-22)34-20-23-6-4-3-5-7-23/h3-19,31H,20H2,1-2H3/b28-19-. The van der Waals surface area contributed by atoms with Gasteiger partial charge in [-0.1, -0.05) is 60.7 Å². The van der Waals surface area contributed by atoms with Gasteiger partial charge in [-0.25, -0.2) is 0 Å². The number of carbonyl (C=O) groups excluding carboxylic acids is 1. The molecular formula is C31H26O4. The van der Waals surface area contributed by atoms with E-state index in [-0.39, 0.29) is 5.78 Å². The molecule has 1 aliphatic heterocycles. The van der Waals surface area contributed by atoms with Gasteiger partial charge >= 0.3 is 0 Å². The number of rotatable bonds is 6. The van der Waals surface area contributed by atoms with E-state index in [1.807, 2.05) is 110 Å². The van der Waals surface area contributed by atoms with Crippen molar-refractivity contribution in [1.82, 2.24) is 0 Å². The molecule has 0 fully saturated rings. The molecule has 5 rings (SSSR count). The summed E-state index contributed by atoms with van der Waals surface area (Å²) in [5, 5.41) is 0. The van der Waals surface area contributed by atoms with Crippen LogP contribution >= 0.6 is 0 Å². The molecule has 0 radical (unpaired) electrons. The summed E-state index contributed by atoms with van der Waals surface area (Å²) in [6.07, 6.45) is 1.39. The van der Waals surface area contributed by atoms with Crippen LogP contribution in [0.2, 0.25) is 0 Å². The zero-order valence-electron chi connectivity index (χ0n) is 19.7. The van der Waals surface area contributed by atoms with Crippen molar-refractivity contribution in [2.75, 3.05) is 7.11 Å². The summed E-state index contributed by atoms with van der Waals surface area (Å²) in [7, 11) is 1.63. The lowest BCUT2D eigenvalue weighted by atomic mass is 9.89. The topological polar surface area (TPSA) is 44.8 Å². The SMILES string of the molecule is COc1ccc(C2Oc3cc(C)ccc3C(=O)/C2=C/c2ccc(OCc3ccccc3)cc2)cc1. The highest BCUT2D eigenvalue weighted by atomic mass is 16.5. The smallest absolute Gasteiger partial charge is 0.196 e. The molecule has 0 spiro atoms. The van der Waals surface area contributed by atoms with E-state index >= 15 is 0 Å². The molecule has 1 unspecified atom stereocenters. The monoisotopic (exact) mass is 462 g/mol. The van der Waals surface area contributed by atoms with Crippen LogP contribution in [0.3, 0.4) is 0 Å². The van der Waals surface area contributed by atoms with Crippen LogP contribution in [-0.4, -0.2) is 12.9 Å². The Hall–Kier alpha value is -4.31. The Morgan fingerprint density at radius 1 is 0.857 bits per heavy atom. The van der Waals surface area contributed by atoms with Gasteiger partial charge in [0.05, 0.1) is 12.7 Å². The first kappa shape index (κ1) is 22.5. The van der Waals surface area contributed by atoms with Crippen molar-refractivity contribution in [2.45, 2.75) is 19.6 Å². The first-order valence-electron chi connectivity index (χ1n) is 11.5. The van der Waals surface area contributed by atoms with Gasteiger partial charge in [0, 0.05) is 5.57 Å². The Kier molecular flexibility index (Phi) is 6.36. The van der Waals surface area contributed by atoms with Crippen molar-refractivity contribution < 1.29 is 19.0 Å². The quantitative estimate of drug-likeness (QED) is 0.290. The average Bonchev–Trinajstić information content (AvgIpc) is 2.90. The molecule has 0 aliphatic carbocycles. The molecule has 0 aromatic heterocycles. The van der Waals surface area contributed by atoms with E-state index in [1.54, 1.807) is 7.11 Å². The van der Waals surface area contributed by atoms with Gasteiger partial charge < -0.3 is 14.2 Å². The van der Waals surface area contributed by atoms with Gasteiger partial charge in [0.15, 0.2) is 11.9 Å². The van der Waals surface area contributed by atoms with Gasteiger partial charge in [-0.2, -0.15) is 0 Å². The summed E-state index contributed by atoms with van der Waals surface area (Å²) in [5.41, 5.74) is 5.11. The normalized spacial score (nSPS) is 15.9. The lowest BCUT2D eigenvalue weighted by Crippen LogP contribution is -2.24. The maximum Gasteiger partial charge on any atom is 0.196 e. The molecule has 1 aliphatic rings. The van der Waals surface area contributed by atoms with Crippen LogP contribution < -0.4 is 14.2 Å². The summed E-state index contributed by atoms with van der Waals surface area (Å²) in [6, 6.07) is 31.1. The number of carbonyl (C=O) groups is 1. The first-order valence-corrected chi connectivity index (χ1v) is 11.5. The van der Waals surface area contributed by atoms with Gasteiger partial charge in [-0.15, -0.1) is 0 Å². The second-order valence-corrected chi connectivity index (χ2v) is 8.54. The molecule has 4 nitrogen and oxygen atoms in total. The highest BCUT2D eigenvalue weighted by Gasteiger charge is 2.33. The van der Waals surface area contributed by atoms with E-state index in [9.17, 15) is 4.79 Å². The van der Waals surface area contributed by atoms with Crippen LogP contribution in [0.5, 0.6) is 17.2 Å². The molecule has 174 valence electrons. The largest absolute Gasteiger partial charge is 0.497 e. The van der Waals surface area contributed by atoms with Crippen LogP contribution in [0, 0.1) is 6.92 Å². The van der Waals surface area contributed by atoms with Crippen LogP contribution in [0.4, 0.5) is 0 Å². The van der Waals surface area contributed by atoms with E-state index in [4.69, 9.17) is 14.2 Å². The Labute approximate surface area is 205 Å². The van der Waals surface area contributed by atoms with Crippen LogP contribution in [0.25, 0.3) is 6.08 Å². The number of fused-ring (bicyclic) bond motifs is 1. The number of Topliss-reactive ketones (excluding diaryl/α,β-unsaturated/α-hetero) is 1. The third-order valence-corrected chi connectivity index (χ3v) is 6.04. The molecule has 4 aromatic carbocycles. The fourth-order valence-electron chi connectivity index (χ4n) is 4.13. The van der Waals surface area contributed by atoms with E-state index in [0.717, 1.165) is 33.8 Å². The molecule has 1 atom stereocenters. The third-order valence-electron chi connectivity index (χ3n) is 6.04. The highest BCUT2D eigenvalue weighted by Crippen LogP contribution is 2.40. The molecule has 0 N–H and O–H groups in total. The van der Waals surface area contributed by atoms with Gasteiger partial charge in [0.1, 0.15) is 23.9 Å². The molecule has 1 heterocycles. The van der Waals surface area contributed by atoms with E-state index in [1.165, 1.54) is 0 Å². The minimum atomic E-state index is -0.517. The van der Waals surface area contributed by atoms with Crippen molar-refractivity contribution in [2.24, 2.45) is 0 Å². The number of methoxy groups -OCH3 is 1. The van der Waals surface area contributed by atoms with Crippen LogP contribution in [-0.2, 0) is 6.61 Å². The van der Waals surface area contributed by atoms with Gasteiger partial charge in [0.25, 0.3) is 0 Å². The molecule has 4 aromatic rings. The Morgan fingerprint density at radius 2 is 1.57 bits per heavy atom. The predicted octanol–water partition coefficient (Wildman–Crippen LogP) is 6.98. The molecule has 0 bridgehead atoms. The summed E-state index contributed by atoms with van der Waals surface area (Å²) in [4.78, 5) is 13.6. The van der Waals surface area contributed by atoms with Crippen molar-refractivity contribution in [3.63, 3.8) is 0 Å². The lowest BCUT2D eigenvalue weighted by molar-refractivity contribution is 0.0963. The molecule has 4 heteroatoms. The number of aryl methyl sites for hydroxylation is 1. The molecular weight excluding hydrogens is 436 g/mol. The lowest BCUT2D eigenvalue weighted by Gasteiger charge is -2.28. The Bertz CT molecular complexity index is 1350. The number of ketones is 1. The zero-order valence-corrected chi connectivity index (χ0v) is 19.7. The maximum atomic E-state index is 13.6. The van der Waals surface area contributed by atoms with E-state index in [2.05, 4.69) is 0 Å². The molecule has 0 amide bonds. The summed E-state index contributed by atoms with van der Waals surface area (Å²) in [5.74, 6) is 2.10. The predicted molar refractivity (Wildman–Crippen MR) is 137 cm³/mol. The zero-order chi connectivity index (χ0) is 24.2. The van der Waals surface area contributed by atoms with Crippen molar-refractivity contribution in [1.29, 1.82) is 0 Å². The fraction of sp³-hybridized carbons (Fsp3) is 0.129. The van der Waals surface area contributed by atoms with Gasteiger partial charge in [-0.05, 0) is 71.7 Å². The van der Waals surface area contributed by atoms with E-state index in [0.29, 0.717) is 23.5 Å². The van der Waals surface area contributed by atoms with Crippen LogP contribution in [0.1, 0.15) is 38.7 Å². The Morgan fingerprint density at radius 3 is 2.29 bits per heavy atom. The minimum Gasteiger partial charge on any atom is -0.497 e. The summed E-state index contributed by atoms with van der Waals surface area (Å²) >= 11 is 0. The second kappa shape index (κ2) is 9.90. The van der Waals surface area contributed by atoms with Gasteiger partial charge in [0.2, 0.25) is 0 Å². The van der Waals surface area contributed by atoms with Gasteiger partial charge in [-0.3, -0.25) is 4.79 Å². The first-order chi connectivity index (χ1) is 17.1. The highest BCUT2D eigenvalue weighted by molar-refractivity contribution is 6.14. The second-order valence-electron chi connectivity index (χ2n) is 8.54.